The number of fused-ring (bicyclic) bond motifs is 9. The number of nitrogens with one attached hydrogen (secondary N) is 1. The molecular formula is C51H34N4O2. The minimum Gasteiger partial charge on any atom is -0.455 e. The quantitative estimate of drug-likeness (QED) is 0.191. The Morgan fingerprint density at radius 1 is 0.579 bits per heavy atom. The van der Waals surface area contributed by atoms with Crippen LogP contribution in [0.4, 0.5) is 0 Å². The molecule has 10 aromatic rings. The van der Waals surface area contributed by atoms with E-state index in [9.17, 15) is 0 Å². The summed E-state index contributed by atoms with van der Waals surface area (Å²) in [6.07, 6.45) is 6.35. The number of aliphatic imine (C=N–C) groups is 2. The van der Waals surface area contributed by atoms with Gasteiger partial charge in [0.2, 0.25) is 0 Å². The molecule has 3 aromatic heterocycles. The molecule has 0 saturated heterocycles. The first-order chi connectivity index (χ1) is 28.3. The highest BCUT2D eigenvalue weighted by molar-refractivity contribution is 6.21. The van der Waals surface area contributed by atoms with Crippen molar-refractivity contribution in [2.75, 3.05) is 0 Å². The second kappa shape index (κ2) is 12.5. The molecular weight excluding hydrogens is 701 g/mol. The summed E-state index contributed by atoms with van der Waals surface area (Å²) >= 11 is 0. The predicted octanol–water partition coefficient (Wildman–Crippen LogP) is 12.6. The van der Waals surface area contributed by atoms with Crippen molar-refractivity contribution in [2.24, 2.45) is 9.98 Å². The molecule has 1 aliphatic heterocycles. The van der Waals surface area contributed by atoms with Crippen LogP contribution in [0.5, 0.6) is 0 Å². The molecule has 6 nitrogen and oxygen atoms in total. The number of allylic oxidation sites excluding steroid dienone is 1. The first-order valence-corrected chi connectivity index (χ1v) is 19.5. The highest BCUT2D eigenvalue weighted by Gasteiger charge is 2.25. The van der Waals surface area contributed by atoms with Gasteiger partial charge in [-0.2, -0.15) is 0 Å². The smallest absolute Gasteiger partial charge is 0.163 e. The van der Waals surface area contributed by atoms with Crippen molar-refractivity contribution in [3.63, 3.8) is 0 Å². The summed E-state index contributed by atoms with van der Waals surface area (Å²) in [7, 11) is 0. The second-order valence-electron chi connectivity index (χ2n) is 14.8. The Balaban J connectivity index is 1.01. The first kappa shape index (κ1) is 31.9. The molecule has 0 radical (unpaired) electrons. The van der Waals surface area contributed by atoms with Crippen molar-refractivity contribution < 1.29 is 8.83 Å². The van der Waals surface area contributed by atoms with Crippen LogP contribution >= 0.6 is 0 Å². The molecule has 12 rings (SSSR count). The van der Waals surface area contributed by atoms with E-state index in [2.05, 4.69) is 143 Å². The van der Waals surface area contributed by atoms with E-state index in [-0.39, 0.29) is 6.17 Å². The van der Waals surface area contributed by atoms with Gasteiger partial charge in [-0.25, -0.2) is 9.98 Å². The van der Waals surface area contributed by atoms with Gasteiger partial charge in [-0.1, -0.05) is 133 Å². The summed E-state index contributed by atoms with van der Waals surface area (Å²) < 4.78 is 16.2. The molecule has 270 valence electrons. The van der Waals surface area contributed by atoms with Gasteiger partial charge in [0.25, 0.3) is 0 Å². The van der Waals surface area contributed by atoms with Gasteiger partial charge in [-0.05, 0) is 54.3 Å². The van der Waals surface area contributed by atoms with Gasteiger partial charge in [0.1, 0.15) is 34.3 Å². The average Bonchev–Trinajstić information content (AvgIpc) is 3.96. The molecule has 57 heavy (non-hydrogen) atoms. The monoisotopic (exact) mass is 734 g/mol. The molecule has 0 amide bonds. The zero-order chi connectivity index (χ0) is 37.5. The van der Waals surface area contributed by atoms with E-state index in [4.69, 9.17) is 18.8 Å². The largest absolute Gasteiger partial charge is 0.455 e. The minimum absolute atomic E-state index is 0.312. The van der Waals surface area contributed by atoms with Crippen LogP contribution < -0.4 is 5.32 Å². The zero-order valence-electron chi connectivity index (χ0n) is 30.8. The third-order valence-electron chi connectivity index (χ3n) is 11.6. The fourth-order valence-corrected chi connectivity index (χ4v) is 8.93. The lowest BCUT2D eigenvalue weighted by molar-refractivity contribution is 0.661. The fourth-order valence-electron chi connectivity index (χ4n) is 8.93. The summed E-state index contributed by atoms with van der Waals surface area (Å²) in [5.74, 6) is 1.39. The lowest BCUT2D eigenvalue weighted by atomic mass is 9.99. The van der Waals surface area contributed by atoms with Crippen LogP contribution in [0.1, 0.15) is 40.5 Å². The van der Waals surface area contributed by atoms with E-state index in [1.165, 1.54) is 22.2 Å². The average molecular weight is 735 g/mol. The molecule has 6 heteroatoms. The van der Waals surface area contributed by atoms with E-state index in [0.717, 1.165) is 96.1 Å². The standard InChI is InChI=1S/C51H34N4O2/c1-3-14-31(15-4-1)49-52-50(32-16-5-2-6-17-32)54-51(53-49)42-25-13-24-41-40-23-12-22-39(47(40)57-48(41)42)38-21-11-20-37-36-29-28-33(30-45(36)56-46(37)38)55-43-26-9-7-18-34(43)35-19-8-10-27-44(35)55/h1-7,9-18,20-30,49H,8,19H2,(H,52,53,54). The number of amidine groups is 2. The minimum atomic E-state index is -0.312. The van der Waals surface area contributed by atoms with E-state index in [0.29, 0.717) is 5.84 Å². The van der Waals surface area contributed by atoms with E-state index in [1.54, 1.807) is 0 Å². The molecule has 0 bridgehead atoms. The topological polar surface area (TPSA) is 68.0 Å². The summed E-state index contributed by atoms with van der Waals surface area (Å²) in [4.78, 5) is 10.3. The lowest BCUT2D eigenvalue weighted by Crippen LogP contribution is -2.33. The van der Waals surface area contributed by atoms with Gasteiger partial charge in [-0.3, -0.25) is 0 Å². The van der Waals surface area contributed by atoms with Gasteiger partial charge in [-0.15, -0.1) is 0 Å². The summed E-state index contributed by atoms with van der Waals surface area (Å²) in [6.45, 7) is 0. The third kappa shape index (κ3) is 4.97. The maximum atomic E-state index is 6.97. The molecule has 1 N–H and O–H groups in total. The number of hydrogen-bond acceptors (Lipinski definition) is 5. The Labute approximate surface area is 327 Å². The van der Waals surface area contributed by atoms with Gasteiger partial charge < -0.3 is 18.7 Å². The highest BCUT2D eigenvalue weighted by Crippen LogP contribution is 2.43. The van der Waals surface area contributed by atoms with Crippen molar-refractivity contribution in [3.05, 3.63) is 192 Å². The van der Waals surface area contributed by atoms with Crippen molar-refractivity contribution in [1.82, 2.24) is 9.88 Å². The van der Waals surface area contributed by atoms with Crippen LogP contribution in [0, 0.1) is 0 Å². The number of furan rings is 2. The molecule has 0 fully saturated rings. The zero-order valence-corrected chi connectivity index (χ0v) is 30.8. The Bertz CT molecular complexity index is 3330. The maximum absolute atomic E-state index is 6.97. The molecule has 4 heterocycles. The molecule has 2 aliphatic rings. The number of aryl methyl sites for hydroxylation is 1. The van der Waals surface area contributed by atoms with Gasteiger partial charge in [0.05, 0.1) is 11.1 Å². The van der Waals surface area contributed by atoms with Crippen LogP contribution in [0.3, 0.4) is 0 Å². The SMILES string of the molecule is C1=Cc2c(c3ccccc3n2-c2ccc3c(c2)oc2c(-c4cccc5c4oc4c(C6=NC(c7ccccc7)NC(c7ccccc7)=N6)cccc45)cccc23)CC1. The Hall–Kier alpha value is -7.44. The van der Waals surface area contributed by atoms with Gasteiger partial charge in [0, 0.05) is 61.1 Å². The predicted molar refractivity (Wildman–Crippen MR) is 232 cm³/mol. The third-order valence-corrected chi connectivity index (χ3v) is 11.6. The number of benzene rings is 7. The molecule has 1 unspecified atom stereocenters. The normalized spacial score (nSPS) is 15.3. The summed E-state index contributed by atoms with van der Waals surface area (Å²) in [5, 5.41) is 9.08. The first-order valence-electron chi connectivity index (χ1n) is 19.5. The molecule has 1 atom stereocenters. The fraction of sp³-hybridized carbons (Fsp3) is 0.0588. The number of rotatable bonds is 5. The van der Waals surface area contributed by atoms with Gasteiger partial charge >= 0.3 is 0 Å². The molecule has 0 spiro atoms. The highest BCUT2D eigenvalue weighted by atomic mass is 16.3. The van der Waals surface area contributed by atoms with Crippen LogP contribution in [-0.2, 0) is 6.42 Å². The van der Waals surface area contributed by atoms with Crippen molar-refractivity contribution in [2.45, 2.75) is 19.0 Å². The molecule has 7 aromatic carbocycles. The van der Waals surface area contributed by atoms with Crippen LogP contribution in [-0.4, -0.2) is 16.2 Å². The Morgan fingerprint density at radius 3 is 2.02 bits per heavy atom. The summed E-state index contributed by atoms with van der Waals surface area (Å²) in [6, 6.07) is 54.8. The van der Waals surface area contributed by atoms with Crippen LogP contribution in [0.15, 0.2) is 183 Å². The van der Waals surface area contributed by atoms with E-state index < -0.39 is 0 Å². The van der Waals surface area contributed by atoms with Gasteiger partial charge in [0.15, 0.2) is 5.84 Å². The Kier molecular flexibility index (Phi) is 7.01. The number of nitrogens with zero attached hydrogens (tertiary/aromatic N) is 3. The number of aromatic nitrogens is 1. The Morgan fingerprint density at radius 2 is 1.23 bits per heavy atom. The van der Waals surface area contributed by atoms with Crippen molar-refractivity contribution in [3.8, 4) is 16.8 Å². The second-order valence-corrected chi connectivity index (χ2v) is 14.8. The number of para-hydroxylation sites is 4. The maximum Gasteiger partial charge on any atom is 0.163 e. The van der Waals surface area contributed by atoms with Crippen LogP contribution in [0.25, 0.3) is 77.7 Å². The lowest BCUT2D eigenvalue weighted by Gasteiger charge is -2.23. The van der Waals surface area contributed by atoms with E-state index in [1.807, 2.05) is 36.4 Å². The van der Waals surface area contributed by atoms with Crippen molar-refractivity contribution in [1.29, 1.82) is 0 Å². The van der Waals surface area contributed by atoms with E-state index >= 15 is 0 Å². The van der Waals surface area contributed by atoms with Crippen LogP contribution in [0.2, 0.25) is 0 Å². The number of hydrogen-bond donors (Lipinski definition) is 1. The summed E-state index contributed by atoms with van der Waals surface area (Å²) in [5.41, 5.74) is 13.1. The van der Waals surface area contributed by atoms with Crippen molar-refractivity contribution >= 4 is 72.5 Å². The molecule has 1 aliphatic carbocycles. The molecule has 0 saturated carbocycles.